The molecular formula is C24H23N5O3S. The molecule has 0 aliphatic heterocycles. The highest BCUT2D eigenvalue weighted by atomic mass is 32.2. The van der Waals surface area contributed by atoms with Gasteiger partial charge in [0, 0.05) is 35.1 Å². The number of hydrogen-bond donors (Lipinski definition) is 2. The van der Waals surface area contributed by atoms with Crippen molar-refractivity contribution in [2.24, 2.45) is 0 Å². The van der Waals surface area contributed by atoms with E-state index in [1.165, 1.54) is 5.56 Å². The summed E-state index contributed by atoms with van der Waals surface area (Å²) in [4.78, 5) is 21.1. The number of nitrogens with zero attached hydrogens (tertiary/aromatic N) is 3. The molecule has 0 saturated carbocycles. The van der Waals surface area contributed by atoms with E-state index < -0.39 is 0 Å². The van der Waals surface area contributed by atoms with Crippen molar-refractivity contribution in [1.29, 1.82) is 0 Å². The molecule has 0 saturated heterocycles. The third-order valence-electron chi connectivity index (χ3n) is 4.84. The summed E-state index contributed by atoms with van der Waals surface area (Å²) in [5.41, 5.74) is 10.8. The topological polar surface area (TPSA) is 116 Å². The predicted molar refractivity (Wildman–Crippen MR) is 128 cm³/mol. The maximum atomic E-state index is 11.3. The minimum Gasteiger partial charge on any atom is -0.386 e. The fraction of sp³-hybridized carbons (Fsp3) is 0.167. The van der Waals surface area contributed by atoms with E-state index in [-0.39, 0.29) is 11.8 Å². The van der Waals surface area contributed by atoms with Crippen molar-refractivity contribution in [1.82, 2.24) is 20.4 Å². The van der Waals surface area contributed by atoms with Gasteiger partial charge in [-0.2, -0.15) is 0 Å². The molecule has 0 amide bonds. The largest absolute Gasteiger partial charge is 0.386 e. The van der Waals surface area contributed by atoms with Crippen molar-refractivity contribution in [2.75, 3.05) is 12.8 Å². The van der Waals surface area contributed by atoms with Crippen LogP contribution in [0.4, 0.5) is 5.82 Å². The summed E-state index contributed by atoms with van der Waals surface area (Å²) in [6.07, 6.45) is 1.94. The van der Waals surface area contributed by atoms with Crippen LogP contribution >= 0.6 is 12.0 Å². The van der Waals surface area contributed by atoms with Crippen LogP contribution in [-0.4, -0.2) is 28.1 Å². The number of hydrogen-bond acceptors (Lipinski definition) is 9. The molecule has 2 aromatic carbocycles. The minimum atomic E-state index is -0.265. The van der Waals surface area contributed by atoms with Crippen LogP contribution in [0.1, 0.15) is 18.9 Å². The van der Waals surface area contributed by atoms with Crippen LogP contribution in [0, 0.1) is 0 Å². The summed E-state index contributed by atoms with van der Waals surface area (Å²) in [7, 11) is 1.91. The Morgan fingerprint density at radius 2 is 1.79 bits per heavy atom. The molecule has 0 aliphatic carbocycles. The molecule has 0 unspecified atom stereocenters. The summed E-state index contributed by atoms with van der Waals surface area (Å²) >= 11 is 1.03. The molecule has 8 nitrogen and oxygen atoms in total. The van der Waals surface area contributed by atoms with Gasteiger partial charge in [-0.05, 0) is 24.7 Å². The summed E-state index contributed by atoms with van der Waals surface area (Å²) in [6, 6.07) is 17.3. The molecule has 9 heteroatoms. The SMILES string of the molecule is CCC(=O)OSc1ccc(-c2cnc(N)c(-c3cc(-c4ccc(CNC)cc4)no3)n2)cc1. The fourth-order valence-electron chi connectivity index (χ4n) is 3.07. The second-order valence-electron chi connectivity index (χ2n) is 7.21. The summed E-state index contributed by atoms with van der Waals surface area (Å²) in [5.74, 6) is 0.428. The molecule has 2 aromatic heterocycles. The molecule has 4 aromatic rings. The first-order valence-corrected chi connectivity index (χ1v) is 11.1. The molecular weight excluding hydrogens is 438 g/mol. The lowest BCUT2D eigenvalue weighted by molar-refractivity contribution is -0.132. The van der Waals surface area contributed by atoms with Crippen LogP contribution in [0.3, 0.4) is 0 Å². The third kappa shape index (κ3) is 5.39. The van der Waals surface area contributed by atoms with Gasteiger partial charge in [-0.1, -0.05) is 48.5 Å². The number of nitrogens with one attached hydrogen (secondary N) is 1. The maximum Gasteiger partial charge on any atom is 0.317 e. The Bertz CT molecular complexity index is 1240. The average molecular weight is 462 g/mol. The van der Waals surface area contributed by atoms with E-state index in [2.05, 4.69) is 20.4 Å². The Balaban J connectivity index is 1.55. The summed E-state index contributed by atoms with van der Waals surface area (Å²) in [6.45, 7) is 2.55. The standard InChI is InChI=1S/C24H23N5O3S/c1-3-22(30)32-33-18-10-8-17(9-11-18)20-14-27-24(25)23(28-20)21-12-19(29-31-21)16-6-4-15(5-7-16)13-26-2/h4-12,14,26H,3,13H2,1-2H3,(H2,25,27). The van der Waals surface area contributed by atoms with Crippen LogP contribution in [0.25, 0.3) is 34.0 Å². The number of carbonyl (C=O) groups is 1. The van der Waals surface area contributed by atoms with E-state index >= 15 is 0 Å². The number of carbonyl (C=O) groups excluding carboxylic acids is 1. The summed E-state index contributed by atoms with van der Waals surface area (Å²) in [5, 5.41) is 7.30. The van der Waals surface area contributed by atoms with Gasteiger partial charge in [-0.3, -0.25) is 4.79 Å². The molecule has 0 aliphatic rings. The van der Waals surface area contributed by atoms with E-state index in [9.17, 15) is 4.79 Å². The van der Waals surface area contributed by atoms with Gasteiger partial charge in [-0.15, -0.1) is 0 Å². The first kappa shape index (κ1) is 22.5. The Morgan fingerprint density at radius 3 is 2.48 bits per heavy atom. The normalized spacial score (nSPS) is 10.8. The number of rotatable bonds is 8. The van der Waals surface area contributed by atoms with E-state index in [0.29, 0.717) is 29.3 Å². The van der Waals surface area contributed by atoms with Crippen molar-refractivity contribution >= 4 is 23.8 Å². The number of aromatic nitrogens is 3. The highest BCUT2D eigenvalue weighted by molar-refractivity contribution is 7.95. The first-order chi connectivity index (χ1) is 16.1. The maximum absolute atomic E-state index is 11.3. The number of anilines is 1. The Kier molecular flexibility index (Phi) is 7.01. The van der Waals surface area contributed by atoms with E-state index in [0.717, 1.165) is 34.6 Å². The number of benzene rings is 2. The van der Waals surface area contributed by atoms with Crippen molar-refractivity contribution in [2.45, 2.75) is 24.8 Å². The van der Waals surface area contributed by atoms with Gasteiger partial charge < -0.3 is 19.8 Å². The quantitative estimate of drug-likeness (QED) is 0.359. The first-order valence-electron chi connectivity index (χ1n) is 10.4. The van der Waals surface area contributed by atoms with E-state index in [1.54, 1.807) is 19.2 Å². The highest BCUT2D eigenvalue weighted by Gasteiger charge is 2.15. The molecule has 0 radical (unpaired) electrons. The lowest BCUT2D eigenvalue weighted by Gasteiger charge is -2.06. The minimum absolute atomic E-state index is 0.254. The third-order valence-corrected chi connectivity index (χ3v) is 5.58. The van der Waals surface area contributed by atoms with Crippen LogP contribution in [0.15, 0.2) is 70.2 Å². The smallest absolute Gasteiger partial charge is 0.317 e. The molecule has 2 heterocycles. The Morgan fingerprint density at radius 1 is 1.09 bits per heavy atom. The van der Waals surface area contributed by atoms with Crippen LogP contribution in [-0.2, 0) is 15.5 Å². The van der Waals surface area contributed by atoms with Gasteiger partial charge in [0.05, 0.1) is 23.9 Å². The zero-order valence-corrected chi connectivity index (χ0v) is 19.1. The van der Waals surface area contributed by atoms with Crippen molar-refractivity contribution < 1.29 is 13.5 Å². The molecule has 33 heavy (non-hydrogen) atoms. The molecule has 0 spiro atoms. The molecule has 0 bridgehead atoms. The van der Waals surface area contributed by atoms with Crippen molar-refractivity contribution in [3.05, 3.63) is 66.4 Å². The molecule has 0 atom stereocenters. The van der Waals surface area contributed by atoms with E-state index in [4.69, 9.17) is 14.4 Å². The van der Waals surface area contributed by atoms with Gasteiger partial charge in [0.1, 0.15) is 5.69 Å². The lowest BCUT2D eigenvalue weighted by atomic mass is 10.1. The zero-order valence-electron chi connectivity index (χ0n) is 18.2. The summed E-state index contributed by atoms with van der Waals surface area (Å²) < 4.78 is 10.6. The fourth-order valence-corrected chi connectivity index (χ4v) is 3.63. The lowest BCUT2D eigenvalue weighted by Crippen LogP contribution is -2.04. The van der Waals surface area contributed by atoms with Crippen molar-refractivity contribution in [3.8, 4) is 34.0 Å². The Labute approximate surface area is 195 Å². The molecule has 0 fully saturated rings. The number of nitrogen functional groups attached to an aromatic ring is 1. The van der Waals surface area contributed by atoms with Crippen LogP contribution < -0.4 is 11.1 Å². The van der Waals surface area contributed by atoms with Crippen LogP contribution in [0.2, 0.25) is 0 Å². The molecule has 4 rings (SSSR count). The highest BCUT2D eigenvalue weighted by Crippen LogP contribution is 2.30. The molecule has 3 N–H and O–H groups in total. The zero-order chi connectivity index (χ0) is 23.2. The van der Waals surface area contributed by atoms with Crippen LogP contribution in [0.5, 0.6) is 0 Å². The van der Waals surface area contributed by atoms with Gasteiger partial charge in [0.15, 0.2) is 17.3 Å². The second kappa shape index (κ2) is 10.3. The average Bonchev–Trinajstić information content (AvgIpc) is 3.34. The van der Waals surface area contributed by atoms with E-state index in [1.807, 2.05) is 55.6 Å². The van der Waals surface area contributed by atoms with Gasteiger partial charge in [0.2, 0.25) is 0 Å². The predicted octanol–water partition coefficient (Wildman–Crippen LogP) is 4.73. The van der Waals surface area contributed by atoms with Crippen molar-refractivity contribution in [3.63, 3.8) is 0 Å². The monoisotopic (exact) mass is 461 g/mol. The van der Waals surface area contributed by atoms with Gasteiger partial charge in [0.25, 0.3) is 0 Å². The van der Waals surface area contributed by atoms with Gasteiger partial charge in [-0.25, -0.2) is 9.97 Å². The number of nitrogens with two attached hydrogens (primary N) is 1. The second-order valence-corrected chi connectivity index (χ2v) is 8.01. The molecule has 168 valence electrons. The van der Waals surface area contributed by atoms with Gasteiger partial charge >= 0.3 is 5.97 Å². The Hall–Kier alpha value is -3.69.